The molecule has 0 radical (unpaired) electrons. The lowest BCUT2D eigenvalue weighted by Crippen LogP contribution is -2.22. The number of nitriles is 1. The molecule has 1 saturated carbocycles. The highest BCUT2D eigenvalue weighted by molar-refractivity contribution is 7.99. The van der Waals surface area contributed by atoms with E-state index in [4.69, 9.17) is 19.7 Å². The molecule has 1 aromatic carbocycles. The van der Waals surface area contributed by atoms with Crippen LogP contribution in [0.15, 0.2) is 60.1 Å². The number of thioether (sulfide) groups is 1. The molecule has 4 aromatic rings. The molecular weight excluding hydrogens is 622 g/mol. The lowest BCUT2D eigenvalue weighted by molar-refractivity contribution is -0.192. The Morgan fingerprint density at radius 2 is 1.87 bits per heavy atom. The Balaban J connectivity index is 0.000000591. The highest BCUT2D eigenvalue weighted by Crippen LogP contribution is 2.36. The predicted octanol–water partition coefficient (Wildman–Crippen LogP) is 7.64. The van der Waals surface area contributed by atoms with Crippen molar-refractivity contribution in [2.45, 2.75) is 75.2 Å². The topological polar surface area (TPSA) is 119 Å². The summed E-state index contributed by atoms with van der Waals surface area (Å²) in [5, 5.41) is 22.2. The number of carboxylic acid groups (broad SMARTS) is 1. The minimum absolute atomic E-state index is 0.415. The molecule has 1 fully saturated rings. The third-order valence-electron chi connectivity index (χ3n) is 7.57. The summed E-state index contributed by atoms with van der Waals surface area (Å²) in [5.74, 6) is -1.02. The molecule has 0 aliphatic heterocycles. The first kappa shape index (κ1) is 34.2. The van der Waals surface area contributed by atoms with Crippen LogP contribution in [-0.2, 0) is 16.3 Å². The van der Waals surface area contributed by atoms with Gasteiger partial charge < -0.3 is 14.4 Å². The second kappa shape index (κ2) is 15.1. The first-order chi connectivity index (χ1) is 21.4. The van der Waals surface area contributed by atoms with Crippen LogP contribution in [0.3, 0.4) is 0 Å². The van der Waals surface area contributed by atoms with Gasteiger partial charge in [0.2, 0.25) is 0 Å². The number of ether oxygens (including phenoxy) is 1. The van der Waals surface area contributed by atoms with E-state index in [0.717, 1.165) is 64.0 Å². The standard InChI is InChI=1S/C29H36N6OSSi.C2HF3O2/c1-38(2,3)15-14-36-21-34-13-12-26-28(31-20-32-29(26)34)24-17-33-35(18-24)25-10-8-22(9-11-25)19-37-27-7-5-4-6-23(27)16-30;3-2(4,5)1(6)7/h4-7,12-13,17-18,20,22,25H,8-11,14-15,19,21H2,1-3H3;(H,6,7). The lowest BCUT2D eigenvalue weighted by Gasteiger charge is -2.28. The molecule has 0 bridgehead atoms. The number of benzene rings is 1. The van der Waals surface area contributed by atoms with Crippen molar-refractivity contribution in [3.63, 3.8) is 0 Å². The normalized spacial score (nSPS) is 17.0. The molecule has 9 nitrogen and oxygen atoms in total. The van der Waals surface area contributed by atoms with Crippen LogP contribution in [0.25, 0.3) is 22.3 Å². The van der Waals surface area contributed by atoms with Crippen molar-refractivity contribution in [2.24, 2.45) is 5.92 Å². The molecule has 3 heterocycles. The van der Waals surface area contributed by atoms with Crippen molar-refractivity contribution in [2.75, 3.05) is 12.4 Å². The van der Waals surface area contributed by atoms with E-state index in [2.05, 4.69) is 63.3 Å². The molecule has 240 valence electrons. The highest BCUT2D eigenvalue weighted by Gasteiger charge is 2.38. The molecule has 1 aliphatic rings. The van der Waals surface area contributed by atoms with Gasteiger partial charge in [-0.2, -0.15) is 23.5 Å². The molecule has 0 saturated heterocycles. The Morgan fingerprint density at radius 3 is 2.53 bits per heavy atom. The van der Waals surface area contributed by atoms with Gasteiger partial charge in [-0.1, -0.05) is 31.8 Å². The fourth-order valence-electron chi connectivity index (χ4n) is 5.01. The zero-order valence-corrected chi connectivity index (χ0v) is 27.3. The summed E-state index contributed by atoms with van der Waals surface area (Å²) < 4.78 is 41.9. The van der Waals surface area contributed by atoms with Crippen LogP contribution < -0.4 is 0 Å². The highest BCUT2D eigenvalue weighted by atomic mass is 32.2. The maximum atomic E-state index is 10.6. The van der Waals surface area contributed by atoms with Crippen molar-refractivity contribution < 1.29 is 27.8 Å². The smallest absolute Gasteiger partial charge is 0.475 e. The summed E-state index contributed by atoms with van der Waals surface area (Å²) in [7, 11) is -1.11. The minimum atomic E-state index is -5.08. The van der Waals surface area contributed by atoms with Gasteiger partial charge in [0.05, 0.1) is 23.5 Å². The third-order valence-corrected chi connectivity index (χ3v) is 10.6. The molecule has 5 rings (SSSR count). The minimum Gasteiger partial charge on any atom is -0.475 e. The first-order valence-corrected chi connectivity index (χ1v) is 19.4. The first-order valence-electron chi connectivity index (χ1n) is 14.7. The van der Waals surface area contributed by atoms with Crippen molar-refractivity contribution >= 4 is 36.8 Å². The number of carbonyl (C=O) groups is 1. The fourth-order valence-corrected chi connectivity index (χ4v) is 6.96. The van der Waals surface area contributed by atoms with E-state index >= 15 is 0 Å². The van der Waals surface area contributed by atoms with Gasteiger partial charge in [0.1, 0.15) is 24.8 Å². The molecule has 45 heavy (non-hydrogen) atoms. The number of halogens is 3. The van der Waals surface area contributed by atoms with Gasteiger partial charge in [-0.3, -0.25) is 4.68 Å². The van der Waals surface area contributed by atoms with Crippen LogP contribution in [0.5, 0.6) is 0 Å². The third kappa shape index (κ3) is 9.66. The molecule has 0 atom stereocenters. The average Bonchev–Trinajstić information content (AvgIpc) is 3.66. The SMILES string of the molecule is C[Si](C)(C)CCOCn1ccc2c(-c3cnn(C4CCC(CSc5ccccc5C#N)CC4)c3)ncnc21.O=C(O)C(F)(F)F. The number of carboxylic acids is 1. The van der Waals surface area contributed by atoms with Crippen LogP contribution in [0, 0.1) is 17.2 Å². The molecule has 1 aliphatic carbocycles. The van der Waals surface area contributed by atoms with E-state index < -0.39 is 20.2 Å². The summed E-state index contributed by atoms with van der Waals surface area (Å²) in [4.78, 5) is 19.2. The largest absolute Gasteiger partial charge is 0.490 e. The summed E-state index contributed by atoms with van der Waals surface area (Å²) >= 11 is 1.82. The van der Waals surface area contributed by atoms with Crippen molar-refractivity contribution in [3.8, 4) is 17.3 Å². The van der Waals surface area contributed by atoms with Gasteiger partial charge in [0, 0.05) is 48.7 Å². The van der Waals surface area contributed by atoms with Gasteiger partial charge in [0.25, 0.3) is 0 Å². The van der Waals surface area contributed by atoms with E-state index in [1.807, 2.05) is 42.4 Å². The maximum absolute atomic E-state index is 10.6. The zero-order chi connectivity index (χ0) is 32.6. The molecule has 0 amide bonds. The number of aliphatic carboxylic acids is 1. The molecule has 3 aromatic heterocycles. The number of hydrogen-bond donors (Lipinski definition) is 1. The number of rotatable bonds is 10. The maximum Gasteiger partial charge on any atom is 0.490 e. The molecule has 0 unspecified atom stereocenters. The second-order valence-corrected chi connectivity index (χ2v) is 18.9. The number of fused-ring (bicyclic) bond motifs is 1. The Morgan fingerprint density at radius 1 is 1.16 bits per heavy atom. The van der Waals surface area contributed by atoms with Gasteiger partial charge in [-0.15, -0.1) is 11.8 Å². The Labute approximate surface area is 265 Å². The Kier molecular flexibility index (Phi) is 11.5. The molecule has 14 heteroatoms. The Hall–Kier alpha value is -3.67. The van der Waals surface area contributed by atoms with Crippen LogP contribution in [0.4, 0.5) is 13.2 Å². The Bertz CT molecular complexity index is 1620. The summed E-state index contributed by atoms with van der Waals surface area (Å²) in [6, 6.07) is 13.9. The van der Waals surface area contributed by atoms with Crippen LogP contribution in [0.1, 0.15) is 37.3 Å². The zero-order valence-electron chi connectivity index (χ0n) is 25.5. The van der Waals surface area contributed by atoms with Gasteiger partial charge in [0.15, 0.2) is 0 Å². The van der Waals surface area contributed by atoms with E-state index in [9.17, 15) is 18.4 Å². The van der Waals surface area contributed by atoms with Crippen LogP contribution in [0.2, 0.25) is 25.7 Å². The van der Waals surface area contributed by atoms with Crippen LogP contribution in [-0.4, -0.2) is 62.0 Å². The van der Waals surface area contributed by atoms with Crippen molar-refractivity contribution in [1.82, 2.24) is 24.3 Å². The number of nitrogens with zero attached hydrogens (tertiary/aromatic N) is 6. The lowest BCUT2D eigenvalue weighted by atomic mass is 9.87. The number of aromatic nitrogens is 5. The van der Waals surface area contributed by atoms with Crippen LogP contribution >= 0.6 is 11.8 Å². The monoisotopic (exact) mass is 658 g/mol. The molecule has 0 spiro atoms. The van der Waals surface area contributed by atoms with Gasteiger partial charge in [-0.05, 0) is 55.8 Å². The number of hydrogen-bond acceptors (Lipinski definition) is 7. The van der Waals surface area contributed by atoms with E-state index in [1.54, 1.807) is 6.33 Å². The predicted molar refractivity (Wildman–Crippen MR) is 169 cm³/mol. The van der Waals surface area contributed by atoms with E-state index in [-0.39, 0.29) is 0 Å². The molecular formula is C31H37F3N6O3SSi. The van der Waals surface area contributed by atoms with Crippen molar-refractivity contribution in [3.05, 3.63) is 60.8 Å². The van der Waals surface area contributed by atoms with Crippen molar-refractivity contribution in [1.29, 1.82) is 5.26 Å². The van der Waals surface area contributed by atoms with E-state index in [0.29, 0.717) is 18.7 Å². The van der Waals surface area contributed by atoms with Gasteiger partial charge in [-0.25, -0.2) is 14.8 Å². The van der Waals surface area contributed by atoms with Gasteiger partial charge >= 0.3 is 12.1 Å². The second-order valence-electron chi connectivity index (χ2n) is 12.2. The average molecular weight is 659 g/mol. The number of alkyl halides is 3. The van der Waals surface area contributed by atoms with E-state index in [1.165, 1.54) is 12.8 Å². The summed E-state index contributed by atoms with van der Waals surface area (Å²) in [5.41, 5.74) is 3.62. The fraction of sp³-hybridized carbons (Fsp3) is 0.452. The summed E-state index contributed by atoms with van der Waals surface area (Å²) in [6.45, 7) is 8.39. The molecule has 1 N–H and O–H groups in total. The quantitative estimate of drug-likeness (QED) is 0.105. The summed E-state index contributed by atoms with van der Waals surface area (Å²) in [6.07, 6.45) is 7.28.